The molecule has 3 atom stereocenters. The van der Waals surface area contributed by atoms with Gasteiger partial charge in [0.05, 0.1) is 25.8 Å². The summed E-state index contributed by atoms with van der Waals surface area (Å²) >= 11 is 0. The Labute approximate surface area is 241 Å². The van der Waals surface area contributed by atoms with E-state index < -0.39 is 35.9 Å². The largest absolute Gasteiger partial charge is 0.388 e. The van der Waals surface area contributed by atoms with Crippen LogP contribution in [0, 0.1) is 5.82 Å². The van der Waals surface area contributed by atoms with Gasteiger partial charge >= 0.3 is 0 Å². The minimum absolute atomic E-state index is 0.0999. The van der Waals surface area contributed by atoms with Crippen molar-refractivity contribution in [2.45, 2.75) is 58.7 Å². The topological polar surface area (TPSA) is 157 Å². The van der Waals surface area contributed by atoms with E-state index in [2.05, 4.69) is 25.8 Å². The lowest BCUT2D eigenvalue weighted by molar-refractivity contribution is -0.131. The monoisotopic (exact) mass is 582 g/mol. The maximum absolute atomic E-state index is 12.4. The predicted octanol–water partition coefficient (Wildman–Crippen LogP) is 1.89. The van der Waals surface area contributed by atoms with Crippen LogP contribution >= 0.6 is 0 Å². The van der Waals surface area contributed by atoms with E-state index in [9.17, 15) is 23.6 Å². The second kappa shape index (κ2) is 22.1. The van der Waals surface area contributed by atoms with Crippen LogP contribution in [0.4, 0.5) is 4.39 Å². The van der Waals surface area contributed by atoms with Crippen molar-refractivity contribution in [3.05, 3.63) is 48.0 Å². The highest BCUT2D eigenvalue weighted by Gasteiger charge is 2.36. The summed E-state index contributed by atoms with van der Waals surface area (Å²) in [6.45, 7) is 7.39. The fourth-order valence-electron chi connectivity index (χ4n) is 2.93. The van der Waals surface area contributed by atoms with Gasteiger partial charge in [0.2, 0.25) is 11.8 Å². The first-order chi connectivity index (χ1) is 19.7. The number of hydrogen-bond donors (Lipinski definition) is 3. The number of carbonyl (C=O) groups excluding carboxylic acids is 4. The summed E-state index contributed by atoms with van der Waals surface area (Å²) < 4.78 is 26.1. The minimum Gasteiger partial charge on any atom is -0.388 e. The van der Waals surface area contributed by atoms with Crippen molar-refractivity contribution >= 4 is 29.2 Å². The lowest BCUT2D eigenvalue weighted by Crippen LogP contribution is -2.53. The number of benzene rings is 1. The maximum Gasteiger partial charge on any atom is 0.270 e. The van der Waals surface area contributed by atoms with Crippen molar-refractivity contribution in [3.63, 3.8) is 0 Å². The quantitative estimate of drug-likeness (QED) is 0.334. The van der Waals surface area contributed by atoms with Gasteiger partial charge < -0.3 is 35.0 Å². The summed E-state index contributed by atoms with van der Waals surface area (Å²) in [5, 5.41) is 11.2. The molecule has 2 aliphatic rings. The molecule has 0 aromatic heterocycles. The standard InChI is InChI=1S/C18H26N4O7.C6H5F.C2H6O.C2H6/c1-4-11(16(24)14-9-28-14)20-15(23)7-19-17(25)13(8-27-3)21-18(26)12-6-5-10(2)29-22-12;7-6-4-2-1-3-5-6;1-3-2;1-2/h5,11,13-14H,4,6-9H2,1-3H3,(H,19,25)(H,20,23)(H,21,26);1-5H;1-2H3;1-2H3/t11-,13-,14?;;;/m0.../s1. The van der Waals surface area contributed by atoms with Crippen molar-refractivity contribution in [1.29, 1.82) is 0 Å². The van der Waals surface area contributed by atoms with Gasteiger partial charge in [-0.2, -0.15) is 0 Å². The molecule has 1 fully saturated rings. The number of oxime groups is 1. The summed E-state index contributed by atoms with van der Waals surface area (Å²) in [6.07, 6.45) is 1.93. The van der Waals surface area contributed by atoms with Gasteiger partial charge in [0.1, 0.15) is 29.4 Å². The summed E-state index contributed by atoms with van der Waals surface area (Å²) in [4.78, 5) is 53.6. The van der Waals surface area contributed by atoms with E-state index in [1.54, 1.807) is 52.3 Å². The van der Waals surface area contributed by atoms with E-state index >= 15 is 0 Å². The van der Waals surface area contributed by atoms with Gasteiger partial charge in [0.25, 0.3) is 5.91 Å². The Morgan fingerprint density at radius 2 is 1.68 bits per heavy atom. The first-order valence-electron chi connectivity index (χ1n) is 13.2. The number of hydrogen-bond acceptors (Lipinski definition) is 9. The van der Waals surface area contributed by atoms with E-state index in [0.717, 1.165) is 0 Å². The number of ketones is 1. The van der Waals surface area contributed by atoms with Crippen LogP contribution < -0.4 is 16.0 Å². The predicted molar refractivity (Wildman–Crippen MR) is 151 cm³/mol. The first kappa shape index (κ1) is 37.3. The van der Waals surface area contributed by atoms with Crippen molar-refractivity contribution in [3.8, 4) is 0 Å². The average molecular weight is 583 g/mol. The maximum atomic E-state index is 12.4. The summed E-state index contributed by atoms with van der Waals surface area (Å²) in [5.41, 5.74) is 0.119. The van der Waals surface area contributed by atoms with Crippen molar-refractivity contribution in [2.75, 3.05) is 41.1 Å². The number of carbonyl (C=O) groups is 4. The van der Waals surface area contributed by atoms with E-state index in [1.807, 2.05) is 13.8 Å². The molecule has 0 radical (unpaired) electrons. The van der Waals surface area contributed by atoms with Crippen molar-refractivity contribution < 1.29 is 42.6 Å². The van der Waals surface area contributed by atoms with E-state index in [0.29, 0.717) is 18.8 Å². The molecule has 2 aliphatic heterocycles. The molecule has 3 amide bonds. The molecule has 0 bridgehead atoms. The molecule has 230 valence electrons. The van der Waals surface area contributed by atoms with Gasteiger partial charge in [-0.3, -0.25) is 19.2 Å². The first-order valence-corrected chi connectivity index (χ1v) is 13.2. The van der Waals surface area contributed by atoms with E-state index in [-0.39, 0.29) is 36.9 Å². The Hall–Kier alpha value is -3.68. The Morgan fingerprint density at radius 1 is 1.07 bits per heavy atom. The second-order valence-electron chi connectivity index (χ2n) is 8.30. The summed E-state index contributed by atoms with van der Waals surface area (Å²) in [5.74, 6) is -1.48. The van der Waals surface area contributed by atoms with Crippen LogP contribution in [0.15, 0.2) is 47.3 Å². The zero-order chi connectivity index (χ0) is 31.2. The number of epoxide rings is 1. The van der Waals surface area contributed by atoms with E-state index in [4.69, 9.17) is 14.3 Å². The molecule has 0 spiro atoms. The zero-order valence-electron chi connectivity index (χ0n) is 24.8. The molecule has 0 aliphatic carbocycles. The molecule has 1 aromatic carbocycles. The lowest BCUT2D eigenvalue weighted by atomic mass is 10.1. The highest BCUT2D eigenvalue weighted by atomic mass is 19.1. The normalized spacial score (nSPS) is 16.0. The second-order valence-corrected chi connectivity index (χ2v) is 8.30. The van der Waals surface area contributed by atoms with Crippen LogP contribution in [0.25, 0.3) is 0 Å². The Morgan fingerprint density at radius 3 is 2.12 bits per heavy atom. The number of methoxy groups -OCH3 is 2. The Bertz CT molecular complexity index is 1000. The van der Waals surface area contributed by atoms with Gasteiger partial charge in [-0.05, 0) is 31.6 Å². The van der Waals surface area contributed by atoms with Gasteiger partial charge in [-0.15, -0.1) is 0 Å². The number of halogens is 1. The molecule has 13 heteroatoms. The molecule has 3 rings (SSSR count). The molecule has 41 heavy (non-hydrogen) atoms. The Kier molecular flexibility index (Phi) is 20.1. The molecular formula is C28H43FN4O8. The van der Waals surface area contributed by atoms with Crippen molar-refractivity contribution in [2.24, 2.45) is 5.16 Å². The lowest BCUT2D eigenvalue weighted by Gasteiger charge is -2.19. The number of ether oxygens (including phenoxy) is 3. The fourth-order valence-corrected chi connectivity index (χ4v) is 2.93. The molecule has 2 heterocycles. The number of Topliss-reactive ketones (excluding diaryl/α,β-unsaturated/α-hetero) is 1. The Balaban J connectivity index is 0.00000111. The molecule has 1 saturated heterocycles. The van der Waals surface area contributed by atoms with Gasteiger partial charge in [-0.25, -0.2) is 4.39 Å². The fraction of sp³-hybridized carbons (Fsp3) is 0.536. The molecular weight excluding hydrogens is 539 g/mol. The third kappa shape index (κ3) is 16.2. The number of rotatable bonds is 11. The molecule has 0 saturated carbocycles. The number of amides is 3. The molecule has 1 aromatic rings. The third-order valence-electron chi connectivity index (χ3n) is 4.99. The number of allylic oxidation sites excluding steroid dienone is 2. The van der Waals surface area contributed by atoms with Gasteiger partial charge in [0, 0.05) is 27.8 Å². The van der Waals surface area contributed by atoms with Crippen LogP contribution in [0.5, 0.6) is 0 Å². The van der Waals surface area contributed by atoms with Gasteiger partial charge in [-0.1, -0.05) is 44.1 Å². The molecule has 1 unspecified atom stereocenters. The molecule has 12 nitrogen and oxygen atoms in total. The van der Waals surface area contributed by atoms with Crippen LogP contribution in [0.1, 0.15) is 40.5 Å². The molecule has 3 N–H and O–H groups in total. The number of nitrogens with zero attached hydrogens (tertiary/aromatic N) is 1. The van der Waals surface area contributed by atoms with Gasteiger partial charge in [0.15, 0.2) is 5.78 Å². The minimum atomic E-state index is -1.03. The highest BCUT2D eigenvalue weighted by Crippen LogP contribution is 2.13. The highest BCUT2D eigenvalue weighted by molar-refractivity contribution is 6.39. The smallest absolute Gasteiger partial charge is 0.270 e. The van der Waals surface area contributed by atoms with Crippen LogP contribution in [-0.4, -0.2) is 88.5 Å². The van der Waals surface area contributed by atoms with Crippen LogP contribution in [0.3, 0.4) is 0 Å². The average Bonchev–Trinajstić information content (AvgIpc) is 3.82. The zero-order valence-corrected chi connectivity index (χ0v) is 24.8. The summed E-state index contributed by atoms with van der Waals surface area (Å²) in [6, 6.07) is 6.24. The SMILES string of the molecule is CC.CC[C@H](NC(=O)CNC(=O)[C@H](COC)NC(=O)C1=NOC(C)=CC1)C(=O)C1CO1.COC.Fc1ccccc1. The number of nitrogens with one attached hydrogen (secondary N) is 3. The van der Waals surface area contributed by atoms with Crippen molar-refractivity contribution in [1.82, 2.24) is 16.0 Å². The summed E-state index contributed by atoms with van der Waals surface area (Å²) in [7, 11) is 4.63. The van der Waals surface area contributed by atoms with Crippen LogP contribution in [0.2, 0.25) is 0 Å². The third-order valence-corrected chi connectivity index (χ3v) is 4.99. The van der Waals surface area contributed by atoms with E-state index in [1.165, 1.54) is 19.2 Å². The van der Waals surface area contributed by atoms with Crippen LogP contribution in [-0.2, 0) is 38.2 Å².